The van der Waals surface area contributed by atoms with Gasteiger partial charge < -0.3 is 10.1 Å². The van der Waals surface area contributed by atoms with Crippen LogP contribution in [-0.2, 0) is 14.8 Å². The molecule has 1 aromatic rings. The van der Waals surface area contributed by atoms with E-state index in [1.54, 1.807) is 12.3 Å². The second kappa shape index (κ2) is 6.38. The van der Waals surface area contributed by atoms with Crippen molar-refractivity contribution in [1.29, 1.82) is 0 Å². The molecule has 1 unspecified atom stereocenters. The first-order valence-electron chi connectivity index (χ1n) is 6.46. The SMILES string of the molecule is CCNc1ncc(Br)cc1S(=O)(=O)N1CCOC(C)C1. The molecule has 1 aliphatic rings. The van der Waals surface area contributed by atoms with Gasteiger partial charge in [-0.3, -0.25) is 0 Å². The van der Waals surface area contributed by atoms with Crippen molar-refractivity contribution in [3.05, 3.63) is 16.7 Å². The van der Waals surface area contributed by atoms with Crippen LogP contribution in [0.3, 0.4) is 0 Å². The highest BCUT2D eigenvalue weighted by atomic mass is 79.9. The molecular weight excluding hydrogens is 346 g/mol. The summed E-state index contributed by atoms with van der Waals surface area (Å²) >= 11 is 3.28. The zero-order valence-electron chi connectivity index (χ0n) is 11.5. The minimum absolute atomic E-state index is 0.0961. The summed E-state index contributed by atoms with van der Waals surface area (Å²) in [6.45, 7) is 5.52. The van der Waals surface area contributed by atoms with Crippen LogP contribution in [0.1, 0.15) is 13.8 Å². The van der Waals surface area contributed by atoms with Gasteiger partial charge in [0.25, 0.3) is 0 Å². The standard InChI is InChI=1S/C12H18BrN3O3S/c1-3-14-12-11(6-10(13)7-15-12)20(17,18)16-4-5-19-9(2)8-16/h6-7,9H,3-5,8H2,1-2H3,(H,14,15). The number of aromatic nitrogens is 1. The number of morpholine rings is 1. The first-order chi connectivity index (χ1) is 9.45. The molecule has 0 aromatic carbocycles. The molecule has 8 heteroatoms. The van der Waals surface area contributed by atoms with Crippen molar-refractivity contribution in [2.75, 3.05) is 31.6 Å². The summed E-state index contributed by atoms with van der Waals surface area (Å²) in [6.07, 6.45) is 1.49. The van der Waals surface area contributed by atoms with Gasteiger partial charge in [0.05, 0.1) is 12.7 Å². The first kappa shape index (κ1) is 15.7. The van der Waals surface area contributed by atoms with Gasteiger partial charge >= 0.3 is 0 Å². The number of nitrogens with zero attached hydrogens (tertiary/aromatic N) is 2. The van der Waals surface area contributed by atoms with Crippen LogP contribution in [0.2, 0.25) is 0 Å². The summed E-state index contributed by atoms with van der Waals surface area (Å²) in [7, 11) is -3.57. The van der Waals surface area contributed by atoms with Gasteiger partial charge in [0.2, 0.25) is 10.0 Å². The Morgan fingerprint density at radius 3 is 3.00 bits per heavy atom. The van der Waals surface area contributed by atoms with E-state index in [1.165, 1.54) is 4.31 Å². The third-order valence-corrected chi connectivity index (χ3v) is 5.30. The molecule has 6 nitrogen and oxygen atoms in total. The molecule has 1 N–H and O–H groups in total. The van der Waals surface area contributed by atoms with E-state index < -0.39 is 10.0 Å². The molecule has 0 aliphatic carbocycles. The summed E-state index contributed by atoms with van der Waals surface area (Å²) in [5.74, 6) is 0.384. The molecule has 1 aliphatic heterocycles. The van der Waals surface area contributed by atoms with Crippen molar-refractivity contribution in [3.63, 3.8) is 0 Å². The van der Waals surface area contributed by atoms with Crippen molar-refractivity contribution in [1.82, 2.24) is 9.29 Å². The number of hydrogen-bond donors (Lipinski definition) is 1. The number of anilines is 1. The molecular formula is C12H18BrN3O3S. The van der Waals surface area contributed by atoms with Crippen LogP contribution < -0.4 is 5.32 Å². The quantitative estimate of drug-likeness (QED) is 0.880. The molecule has 0 spiro atoms. The molecule has 1 saturated heterocycles. The lowest BCUT2D eigenvalue weighted by Crippen LogP contribution is -2.44. The number of ether oxygens (including phenoxy) is 1. The van der Waals surface area contributed by atoms with E-state index in [4.69, 9.17) is 4.74 Å². The monoisotopic (exact) mass is 363 g/mol. The number of halogens is 1. The van der Waals surface area contributed by atoms with E-state index in [0.29, 0.717) is 36.5 Å². The second-order valence-corrected chi connectivity index (χ2v) is 7.40. The number of sulfonamides is 1. The van der Waals surface area contributed by atoms with Crippen LogP contribution in [0.15, 0.2) is 21.6 Å². The average molecular weight is 364 g/mol. The van der Waals surface area contributed by atoms with Gasteiger partial charge in [-0.2, -0.15) is 4.31 Å². The summed E-state index contributed by atoms with van der Waals surface area (Å²) < 4.78 is 33.0. The number of hydrogen-bond acceptors (Lipinski definition) is 5. The molecule has 0 saturated carbocycles. The third kappa shape index (κ3) is 3.30. The molecule has 1 aromatic heterocycles. The second-order valence-electron chi connectivity index (χ2n) is 4.58. The van der Waals surface area contributed by atoms with Gasteiger partial charge in [-0.25, -0.2) is 13.4 Å². The van der Waals surface area contributed by atoms with Crippen molar-refractivity contribution in [2.45, 2.75) is 24.8 Å². The summed E-state index contributed by atoms with van der Waals surface area (Å²) in [5, 5.41) is 2.99. The van der Waals surface area contributed by atoms with Gasteiger partial charge in [-0.1, -0.05) is 0 Å². The van der Waals surface area contributed by atoms with Crippen LogP contribution in [0.25, 0.3) is 0 Å². The van der Waals surface area contributed by atoms with E-state index in [2.05, 4.69) is 26.2 Å². The number of pyridine rings is 1. The fourth-order valence-corrected chi connectivity index (χ4v) is 4.19. The van der Waals surface area contributed by atoms with Crippen LogP contribution in [0.5, 0.6) is 0 Å². The Balaban J connectivity index is 2.40. The molecule has 112 valence electrons. The Hall–Kier alpha value is -0.700. The lowest BCUT2D eigenvalue weighted by Gasteiger charge is -2.30. The van der Waals surface area contributed by atoms with E-state index in [-0.39, 0.29) is 11.0 Å². The van der Waals surface area contributed by atoms with Crippen molar-refractivity contribution in [3.8, 4) is 0 Å². The van der Waals surface area contributed by atoms with E-state index in [9.17, 15) is 8.42 Å². The maximum absolute atomic E-state index is 12.8. The van der Waals surface area contributed by atoms with Crippen LogP contribution in [0.4, 0.5) is 5.82 Å². The Labute approximate surface area is 127 Å². The molecule has 0 radical (unpaired) electrons. The fourth-order valence-electron chi connectivity index (χ4n) is 2.06. The molecule has 2 rings (SSSR count). The van der Waals surface area contributed by atoms with E-state index in [1.807, 2.05) is 13.8 Å². The summed E-state index contributed by atoms with van der Waals surface area (Å²) in [5.41, 5.74) is 0. The number of nitrogens with one attached hydrogen (secondary N) is 1. The smallest absolute Gasteiger partial charge is 0.246 e. The fraction of sp³-hybridized carbons (Fsp3) is 0.583. The Bertz CT molecular complexity index is 579. The summed E-state index contributed by atoms with van der Waals surface area (Å²) in [4.78, 5) is 4.35. The van der Waals surface area contributed by atoms with E-state index in [0.717, 1.165) is 0 Å². The lowest BCUT2D eigenvalue weighted by atomic mass is 10.3. The summed E-state index contributed by atoms with van der Waals surface area (Å²) in [6, 6.07) is 1.58. The van der Waals surface area contributed by atoms with Crippen molar-refractivity contribution in [2.24, 2.45) is 0 Å². The lowest BCUT2D eigenvalue weighted by molar-refractivity contribution is 0.0102. The Kier molecular flexibility index (Phi) is 5.00. The third-order valence-electron chi connectivity index (χ3n) is 2.99. The molecule has 0 bridgehead atoms. The largest absolute Gasteiger partial charge is 0.376 e. The maximum atomic E-state index is 12.8. The highest BCUT2D eigenvalue weighted by Crippen LogP contribution is 2.27. The predicted molar refractivity (Wildman–Crippen MR) is 80.3 cm³/mol. The molecule has 0 amide bonds. The Morgan fingerprint density at radius 1 is 1.60 bits per heavy atom. The molecule has 1 atom stereocenters. The van der Waals surface area contributed by atoms with Crippen LogP contribution in [-0.4, -0.2) is 50.1 Å². The zero-order chi connectivity index (χ0) is 14.8. The van der Waals surface area contributed by atoms with Gasteiger partial charge in [0.1, 0.15) is 10.7 Å². The maximum Gasteiger partial charge on any atom is 0.246 e. The van der Waals surface area contributed by atoms with Gasteiger partial charge in [0.15, 0.2) is 0 Å². The highest BCUT2D eigenvalue weighted by molar-refractivity contribution is 9.10. The van der Waals surface area contributed by atoms with Crippen molar-refractivity contribution < 1.29 is 13.2 Å². The predicted octanol–water partition coefficient (Wildman–Crippen LogP) is 1.69. The zero-order valence-corrected chi connectivity index (χ0v) is 13.9. The topological polar surface area (TPSA) is 71.5 Å². The molecule has 2 heterocycles. The van der Waals surface area contributed by atoms with Gasteiger partial charge in [-0.05, 0) is 35.8 Å². The van der Waals surface area contributed by atoms with Crippen LogP contribution in [0, 0.1) is 0 Å². The molecule has 20 heavy (non-hydrogen) atoms. The van der Waals surface area contributed by atoms with Crippen LogP contribution >= 0.6 is 15.9 Å². The van der Waals surface area contributed by atoms with E-state index >= 15 is 0 Å². The van der Waals surface area contributed by atoms with Crippen molar-refractivity contribution >= 4 is 31.8 Å². The average Bonchev–Trinajstić information content (AvgIpc) is 2.41. The van der Waals surface area contributed by atoms with Gasteiger partial charge in [0, 0.05) is 30.3 Å². The first-order valence-corrected chi connectivity index (χ1v) is 8.69. The highest BCUT2D eigenvalue weighted by Gasteiger charge is 2.31. The normalized spacial score (nSPS) is 20.9. The Morgan fingerprint density at radius 2 is 2.35 bits per heavy atom. The minimum atomic E-state index is -3.57. The molecule has 1 fully saturated rings. The number of rotatable bonds is 4. The van der Waals surface area contributed by atoms with Gasteiger partial charge in [-0.15, -0.1) is 0 Å². The minimum Gasteiger partial charge on any atom is -0.376 e.